The fourth-order valence-electron chi connectivity index (χ4n) is 1.89. The number of hydrogen-bond acceptors (Lipinski definition) is 2. The first-order chi connectivity index (χ1) is 9.69. The molecule has 5 heteroatoms. The molecule has 0 bridgehead atoms. The first-order valence-electron chi connectivity index (χ1n) is 6.75. The van der Waals surface area contributed by atoms with Crippen LogP contribution in [0.1, 0.15) is 25.5 Å². The molecule has 106 valence electrons. The molecule has 2 aromatic rings. The summed E-state index contributed by atoms with van der Waals surface area (Å²) in [6, 6.07) is 7.52. The highest BCUT2D eigenvalue weighted by molar-refractivity contribution is 6.30. The summed E-state index contributed by atoms with van der Waals surface area (Å²) >= 11 is 5.86. The van der Waals surface area contributed by atoms with Gasteiger partial charge in [0.15, 0.2) is 0 Å². The van der Waals surface area contributed by atoms with Crippen LogP contribution in [-0.2, 0) is 11.2 Å². The molecule has 0 aliphatic carbocycles. The van der Waals surface area contributed by atoms with Crippen molar-refractivity contribution >= 4 is 17.5 Å². The van der Waals surface area contributed by atoms with Crippen LogP contribution in [0.2, 0.25) is 5.02 Å². The van der Waals surface area contributed by atoms with E-state index in [2.05, 4.69) is 15.3 Å². The second-order valence-electron chi connectivity index (χ2n) is 4.61. The number of rotatable bonds is 6. The third-order valence-corrected chi connectivity index (χ3v) is 3.19. The van der Waals surface area contributed by atoms with Crippen molar-refractivity contribution in [1.29, 1.82) is 0 Å². The summed E-state index contributed by atoms with van der Waals surface area (Å²) in [4.78, 5) is 18.9. The molecule has 0 aliphatic heterocycles. The van der Waals surface area contributed by atoms with Crippen LogP contribution in [0, 0.1) is 0 Å². The van der Waals surface area contributed by atoms with Crippen molar-refractivity contribution in [2.75, 3.05) is 6.54 Å². The van der Waals surface area contributed by atoms with Gasteiger partial charge < -0.3 is 10.3 Å². The van der Waals surface area contributed by atoms with Gasteiger partial charge in [0.1, 0.15) is 5.82 Å². The number of aromatic amines is 1. The summed E-state index contributed by atoms with van der Waals surface area (Å²) in [5.41, 5.74) is 2.00. The fourth-order valence-corrected chi connectivity index (χ4v) is 2.02. The van der Waals surface area contributed by atoms with E-state index >= 15 is 0 Å². The average molecular weight is 292 g/mol. The summed E-state index contributed by atoms with van der Waals surface area (Å²) in [5, 5.41) is 3.59. The van der Waals surface area contributed by atoms with Gasteiger partial charge in [0.2, 0.25) is 5.91 Å². The van der Waals surface area contributed by atoms with Crippen LogP contribution < -0.4 is 5.32 Å². The number of benzene rings is 1. The van der Waals surface area contributed by atoms with Gasteiger partial charge >= 0.3 is 0 Å². The van der Waals surface area contributed by atoms with Gasteiger partial charge in [0.25, 0.3) is 0 Å². The van der Waals surface area contributed by atoms with Crippen LogP contribution >= 0.6 is 11.6 Å². The van der Waals surface area contributed by atoms with Crippen LogP contribution in [0.3, 0.4) is 0 Å². The number of nitrogens with one attached hydrogen (secondary N) is 2. The molecular formula is C15H18ClN3O. The second-order valence-corrected chi connectivity index (χ2v) is 5.05. The molecule has 4 nitrogen and oxygen atoms in total. The molecule has 2 rings (SSSR count). The van der Waals surface area contributed by atoms with E-state index in [1.165, 1.54) is 0 Å². The van der Waals surface area contributed by atoms with Crippen LogP contribution in [0.15, 0.2) is 30.5 Å². The van der Waals surface area contributed by atoms with Crippen LogP contribution in [0.5, 0.6) is 0 Å². The van der Waals surface area contributed by atoms with E-state index in [1.807, 2.05) is 31.2 Å². The Morgan fingerprint density at radius 3 is 2.80 bits per heavy atom. The Morgan fingerprint density at radius 2 is 2.10 bits per heavy atom. The largest absolute Gasteiger partial charge is 0.356 e. The highest BCUT2D eigenvalue weighted by Crippen LogP contribution is 2.18. The SMILES string of the molecule is CCCC(=O)NCCc1cnc(-c2ccc(Cl)cc2)[nH]1. The molecule has 2 N–H and O–H groups in total. The Bertz CT molecular complexity index is 563. The summed E-state index contributed by atoms with van der Waals surface area (Å²) < 4.78 is 0. The lowest BCUT2D eigenvalue weighted by Crippen LogP contribution is -2.25. The predicted molar refractivity (Wildman–Crippen MR) is 80.7 cm³/mol. The molecule has 0 saturated heterocycles. The fraction of sp³-hybridized carbons (Fsp3) is 0.333. The number of carbonyl (C=O) groups is 1. The van der Waals surface area contributed by atoms with Crippen molar-refractivity contribution in [3.05, 3.63) is 41.2 Å². The summed E-state index contributed by atoms with van der Waals surface area (Å²) in [7, 11) is 0. The molecule has 1 aromatic heterocycles. The molecule has 0 atom stereocenters. The topological polar surface area (TPSA) is 57.8 Å². The van der Waals surface area contributed by atoms with E-state index in [1.54, 1.807) is 6.20 Å². The number of hydrogen-bond donors (Lipinski definition) is 2. The molecule has 20 heavy (non-hydrogen) atoms. The van der Waals surface area contributed by atoms with Gasteiger partial charge in [-0.2, -0.15) is 0 Å². The van der Waals surface area contributed by atoms with Gasteiger partial charge in [0.05, 0.1) is 0 Å². The van der Waals surface area contributed by atoms with Crippen LogP contribution in [0.25, 0.3) is 11.4 Å². The molecule has 1 aromatic carbocycles. The Kier molecular flexibility index (Phi) is 5.18. The molecule has 1 heterocycles. The van der Waals surface area contributed by atoms with E-state index in [0.717, 1.165) is 29.9 Å². The van der Waals surface area contributed by atoms with Gasteiger partial charge in [0, 0.05) is 41.9 Å². The van der Waals surface area contributed by atoms with Gasteiger partial charge in [-0.25, -0.2) is 4.98 Å². The number of halogens is 1. The van der Waals surface area contributed by atoms with Crippen LogP contribution in [-0.4, -0.2) is 22.4 Å². The minimum Gasteiger partial charge on any atom is -0.356 e. The van der Waals surface area contributed by atoms with Gasteiger partial charge in [-0.05, 0) is 30.7 Å². The third-order valence-electron chi connectivity index (χ3n) is 2.94. The normalized spacial score (nSPS) is 10.5. The van der Waals surface area contributed by atoms with E-state index in [0.29, 0.717) is 18.0 Å². The Morgan fingerprint density at radius 1 is 1.35 bits per heavy atom. The summed E-state index contributed by atoms with van der Waals surface area (Å²) in [6.45, 7) is 2.62. The molecule has 1 amide bonds. The van der Waals surface area contributed by atoms with Crippen LogP contribution in [0.4, 0.5) is 0 Å². The molecule has 0 radical (unpaired) electrons. The zero-order valence-corrected chi connectivity index (χ0v) is 12.2. The lowest BCUT2D eigenvalue weighted by molar-refractivity contribution is -0.121. The first kappa shape index (κ1) is 14.6. The molecular weight excluding hydrogens is 274 g/mol. The molecule has 0 aliphatic rings. The summed E-state index contributed by atoms with van der Waals surface area (Å²) in [6.07, 6.45) is 4.00. The highest BCUT2D eigenvalue weighted by atomic mass is 35.5. The van der Waals surface area contributed by atoms with Crippen molar-refractivity contribution in [2.45, 2.75) is 26.2 Å². The number of H-pyrrole nitrogens is 1. The Hall–Kier alpha value is -1.81. The third kappa shape index (κ3) is 4.10. The van der Waals surface area contributed by atoms with Crippen molar-refractivity contribution in [3.8, 4) is 11.4 Å². The van der Waals surface area contributed by atoms with Gasteiger partial charge in [-0.1, -0.05) is 18.5 Å². The number of nitrogens with zero attached hydrogens (tertiary/aromatic N) is 1. The van der Waals surface area contributed by atoms with Crippen molar-refractivity contribution in [1.82, 2.24) is 15.3 Å². The van der Waals surface area contributed by atoms with Crippen molar-refractivity contribution < 1.29 is 4.79 Å². The zero-order valence-electron chi connectivity index (χ0n) is 11.4. The second kappa shape index (κ2) is 7.10. The smallest absolute Gasteiger partial charge is 0.219 e. The lowest BCUT2D eigenvalue weighted by Gasteiger charge is -2.02. The maximum Gasteiger partial charge on any atom is 0.219 e. The number of carbonyl (C=O) groups excluding carboxylic acids is 1. The molecule has 0 fully saturated rings. The average Bonchev–Trinajstić information content (AvgIpc) is 2.89. The maximum absolute atomic E-state index is 11.3. The van der Waals surface area contributed by atoms with Crippen molar-refractivity contribution in [2.24, 2.45) is 0 Å². The number of imidazole rings is 1. The maximum atomic E-state index is 11.3. The minimum absolute atomic E-state index is 0.102. The molecule has 0 spiro atoms. The van der Waals surface area contributed by atoms with E-state index in [-0.39, 0.29) is 5.91 Å². The monoisotopic (exact) mass is 291 g/mol. The first-order valence-corrected chi connectivity index (χ1v) is 7.13. The molecule has 0 unspecified atom stereocenters. The molecule has 0 saturated carbocycles. The Balaban J connectivity index is 1.89. The van der Waals surface area contributed by atoms with E-state index in [4.69, 9.17) is 11.6 Å². The standard InChI is InChI=1S/C15H18ClN3O/c1-2-3-14(20)17-9-8-13-10-18-15(19-13)11-4-6-12(16)7-5-11/h4-7,10H,2-3,8-9H2,1H3,(H,17,20)(H,18,19). The Labute approximate surface area is 123 Å². The lowest BCUT2D eigenvalue weighted by atomic mass is 10.2. The van der Waals surface area contributed by atoms with E-state index in [9.17, 15) is 4.79 Å². The quantitative estimate of drug-likeness (QED) is 0.859. The predicted octanol–water partition coefficient (Wildman–Crippen LogP) is 3.19. The van der Waals surface area contributed by atoms with Gasteiger partial charge in [-0.15, -0.1) is 0 Å². The van der Waals surface area contributed by atoms with E-state index < -0.39 is 0 Å². The minimum atomic E-state index is 0.102. The zero-order chi connectivity index (χ0) is 14.4. The number of aromatic nitrogens is 2. The van der Waals surface area contributed by atoms with Crippen molar-refractivity contribution in [3.63, 3.8) is 0 Å². The highest BCUT2D eigenvalue weighted by Gasteiger charge is 2.04. The summed E-state index contributed by atoms with van der Waals surface area (Å²) in [5.74, 6) is 0.918. The number of amides is 1. The van der Waals surface area contributed by atoms with Gasteiger partial charge in [-0.3, -0.25) is 4.79 Å².